The van der Waals surface area contributed by atoms with Crippen molar-refractivity contribution < 1.29 is 0 Å². The number of nitrogens with zero attached hydrogens (tertiary/aromatic N) is 8. The molecule has 0 saturated heterocycles. The SMILES string of the molecule is N#Cc1ccccc1-c1cc(-c2cc(-c3nc(-c4ccccc4)nc(-c4ccccc4)n3)ccc2-n2c3ccccc3c3c2ccc2c4ccccc4n(-c4ccccc4)c23)ccc1-n1c2ccccc2c2c1ccc1c3ccccc3n(-c3ccccc3)c12. The molecule has 0 amide bonds. The topological polar surface area (TPSA) is 82.2 Å². The zero-order chi connectivity index (χ0) is 59.4. The van der Waals surface area contributed by atoms with Gasteiger partial charge in [-0.05, 0) is 103 Å². The Labute approximate surface area is 516 Å². The number of benzene rings is 13. The van der Waals surface area contributed by atoms with Gasteiger partial charge in [0.1, 0.15) is 0 Å². The lowest BCUT2D eigenvalue weighted by molar-refractivity contribution is 1.07. The molecule has 5 heterocycles. The van der Waals surface area contributed by atoms with E-state index in [1.807, 2.05) is 78.9 Å². The predicted molar refractivity (Wildman–Crippen MR) is 369 cm³/mol. The molecule has 0 aliphatic rings. The summed E-state index contributed by atoms with van der Waals surface area (Å²) in [6, 6.07) is 110. The maximum absolute atomic E-state index is 11.1. The lowest BCUT2D eigenvalue weighted by Gasteiger charge is -2.20. The number of hydrogen-bond acceptors (Lipinski definition) is 4. The fraction of sp³-hybridized carbons (Fsp3) is 0. The fourth-order valence-electron chi connectivity index (χ4n) is 14.2. The first-order chi connectivity index (χ1) is 44.6. The summed E-state index contributed by atoms with van der Waals surface area (Å²) < 4.78 is 9.70. The number of nitriles is 1. The van der Waals surface area contributed by atoms with Crippen molar-refractivity contribution >= 4 is 87.2 Å². The largest absolute Gasteiger partial charge is 0.309 e. The molecule has 0 aliphatic heterocycles. The van der Waals surface area contributed by atoms with Gasteiger partial charge in [0, 0.05) is 87.8 Å². The molecule has 13 aromatic carbocycles. The number of aromatic nitrogens is 7. The van der Waals surface area contributed by atoms with Gasteiger partial charge in [0.25, 0.3) is 0 Å². The monoisotopic (exact) mass is 1150 g/mol. The first-order valence-corrected chi connectivity index (χ1v) is 30.3. The lowest BCUT2D eigenvalue weighted by Crippen LogP contribution is -2.03. The molecule has 18 rings (SSSR count). The molecule has 8 nitrogen and oxygen atoms in total. The third-order valence-corrected chi connectivity index (χ3v) is 18.0. The van der Waals surface area contributed by atoms with E-state index in [9.17, 15) is 5.26 Å². The minimum absolute atomic E-state index is 0.544. The van der Waals surface area contributed by atoms with Gasteiger partial charge in [0.2, 0.25) is 0 Å². The van der Waals surface area contributed by atoms with E-state index < -0.39 is 0 Å². The predicted octanol–water partition coefficient (Wildman–Crippen LogP) is 20.5. The zero-order valence-corrected chi connectivity index (χ0v) is 48.4. The molecule has 5 aromatic heterocycles. The highest BCUT2D eigenvalue weighted by Crippen LogP contribution is 2.48. The molecule has 0 radical (unpaired) electrons. The second-order valence-electron chi connectivity index (χ2n) is 23.0. The molecule has 0 aliphatic carbocycles. The molecule has 418 valence electrons. The van der Waals surface area contributed by atoms with Gasteiger partial charge < -0.3 is 18.3 Å². The van der Waals surface area contributed by atoms with E-state index in [2.05, 4.69) is 249 Å². The van der Waals surface area contributed by atoms with E-state index in [-0.39, 0.29) is 0 Å². The Morgan fingerprint density at radius 2 is 0.633 bits per heavy atom. The Balaban J connectivity index is 0.944. The van der Waals surface area contributed by atoms with Gasteiger partial charge in [0.05, 0.1) is 67.1 Å². The van der Waals surface area contributed by atoms with E-state index in [4.69, 9.17) is 15.0 Å². The quantitative estimate of drug-likeness (QED) is 0.144. The van der Waals surface area contributed by atoms with Crippen LogP contribution in [-0.4, -0.2) is 33.2 Å². The molecule has 90 heavy (non-hydrogen) atoms. The van der Waals surface area contributed by atoms with Crippen LogP contribution in [0.15, 0.2) is 303 Å². The van der Waals surface area contributed by atoms with Crippen LogP contribution in [0.25, 0.3) is 166 Å². The highest BCUT2D eigenvalue weighted by Gasteiger charge is 2.27. The van der Waals surface area contributed by atoms with Gasteiger partial charge in [-0.2, -0.15) is 5.26 Å². The molecule has 0 atom stereocenters. The fourth-order valence-corrected chi connectivity index (χ4v) is 14.2. The van der Waals surface area contributed by atoms with Crippen LogP contribution in [0.4, 0.5) is 0 Å². The summed E-state index contributed by atoms with van der Waals surface area (Å²) in [7, 11) is 0. The van der Waals surface area contributed by atoms with E-state index in [0.717, 1.165) is 127 Å². The molecular formula is C82H50N8. The zero-order valence-electron chi connectivity index (χ0n) is 48.4. The summed E-state index contributed by atoms with van der Waals surface area (Å²) >= 11 is 0. The average molecular weight is 1150 g/mol. The number of para-hydroxylation sites is 6. The minimum atomic E-state index is 0.544. The highest BCUT2D eigenvalue weighted by atomic mass is 15.1. The molecule has 8 heteroatoms. The van der Waals surface area contributed by atoms with Crippen molar-refractivity contribution in [3.8, 4) is 85.2 Å². The Kier molecular flexibility index (Phi) is 11.5. The van der Waals surface area contributed by atoms with Gasteiger partial charge >= 0.3 is 0 Å². The molecule has 0 spiro atoms. The molecule has 0 fully saturated rings. The normalized spacial score (nSPS) is 11.8. The van der Waals surface area contributed by atoms with Crippen molar-refractivity contribution in [2.24, 2.45) is 0 Å². The van der Waals surface area contributed by atoms with Gasteiger partial charge in [-0.15, -0.1) is 0 Å². The first kappa shape index (κ1) is 50.8. The van der Waals surface area contributed by atoms with E-state index >= 15 is 0 Å². The van der Waals surface area contributed by atoms with Crippen molar-refractivity contribution in [2.75, 3.05) is 0 Å². The van der Waals surface area contributed by atoms with E-state index in [0.29, 0.717) is 23.0 Å². The van der Waals surface area contributed by atoms with Crippen LogP contribution in [-0.2, 0) is 0 Å². The molecule has 18 aromatic rings. The van der Waals surface area contributed by atoms with E-state index in [1.54, 1.807) is 0 Å². The van der Waals surface area contributed by atoms with Crippen LogP contribution < -0.4 is 0 Å². The van der Waals surface area contributed by atoms with Crippen molar-refractivity contribution in [1.29, 1.82) is 5.26 Å². The number of rotatable bonds is 9. The standard InChI is InChI=1S/C82H50N8/c83-51-56-27-13-14-32-59(56)67-49-54(41-45-73(67)90-71-40-22-18-36-65(71)77-75(90)48-44-63-61-34-16-20-38-69(61)88(79(63)77)58-30-11-4-12-31-58)66-50-55(82-85-80(52-23-5-1-6-24-52)84-81(86-82)53-25-7-2-8-26-53)42-46-72(66)89-70-39-21-17-35-64(70)76-74(89)47-43-62-60-33-15-19-37-68(60)87(78(62)76)57-28-9-3-10-29-57/h1-50H. The van der Waals surface area contributed by atoms with Crippen LogP contribution >= 0.6 is 0 Å². The third kappa shape index (κ3) is 7.77. The minimum Gasteiger partial charge on any atom is -0.309 e. The van der Waals surface area contributed by atoms with Gasteiger partial charge in [-0.25, -0.2) is 15.0 Å². The summed E-state index contributed by atoms with van der Waals surface area (Å²) in [5.74, 6) is 1.71. The third-order valence-electron chi connectivity index (χ3n) is 18.0. The molecule has 0 unspecified atom stereocenters. The van der Waals surface area contributed by atoms with Crippen LogP contribution in [0, 0.1) is 11.3 Å². The summed E-state index contributed by atoms with van der Waals surface area (Å²) in [6.07, 6.45) is 0. The Bertz CT molecular complexity index is 5910. The molecular weight excluding hydrogens is 1100 g/mol. The van der Waals surface area contributed by atoms with Crippen molar-refractivity contribution in [1.82, 2.24) is 33.2 Å². The first-order valence-electron chi connectivity index (χ1n) is 30.3. The Morgan fingerprint density at radius 3 is 1.12 bits per heavy atom. The smallest absolute Gasteiger partial charge is 0.164 e. The Hall–Kier alpha value is -12.4. The van der Waals surface area contributed by atoms with Crippen LogP contribution in [0.5, 0.6) is 0 Å². The molecule has 0 bridgehead atoms. The number of hydrogen-bond donors (Lipinski definition) is 0. The van der Waals surface area contributed by atoms with Gasteiger partial charge in [-0.1, -0.05) is 206 Å². The summed E-state index contributed by atoms with van der Waals surface area (Å²) in [4.78, 5) is 15.7. The second-order valence-corrected chi connectivity index (χ2v) is 23.0. The maximum atomic E-state index is 11.1. The van der Waals surface area contributed by atoms with E-state index in [1.165, 1.54) is 21.5 Å². The molecule has 0 N–H and O–H groups in total. The van der Waals surface area contributed by atoms with Crippen molar-refractivity contribution in [3.63, 3.8) is 0 Å². The summed E-state index contributed by atoms with van der Waals surface area (Å²) in [5, 5.41) is 20.4. The summed E-state index contributed by atoms with van der Waals surface area (Å²) in [6.45, 7) is 0. The van der Waals surface area contributed by atoms with Gasteiger partial charge in [0.15, 0.2) is 17.5 Å². The Morgan fingerprint density at radius 1 is 0.256 bits per heavy atom. The lowest BCUT2D eigenvalue weighted by atomic mass is 9.93. The average Bonchev–Trinajstić information content (AvgIpc) is 1.56. The van der Waals surface area contributed by atoms with Crippen LogP contribution in [0.2, 0.25) is 0 Å². The van der Waals surface area contributed by atoms with Crippen LogP contribution in [0.1, 0.15) is 5.56 Å². The second kappa shape index (κ2) is 20.3. The van der Waals surface area contributed by atoms with Crippen molar-refractivity contribution in [2.45, 2.75) is 0 Å². The molecule has 0 saturated carbocycles. The van der Waals surface area contributed by atoms with Crippen molar-refractivity contribution in [3.05, 3.63) is 309 Å². The van der Waals surface area contributed by atoms with Gasteiger partial charge in [-0.3, -0.25) is 0 Å². The number of fused-ring (bicyclic) bond motifs is 14. The summed E-state index contributed by atoms with van der Waals surface area (Å²) in [5.41, 5.74) is 19.7. The highest BCUT2D eigenvalue weighted by molar-refractivity contribution is 6.28. The van der Waals surface area contributed by atoms with Crippen LogP contribution in [0.3, 0.4) is 0 Å². The maximum Gasteiger partial charge on any atom is 0.164 e.